The van der Waals surface area contributed by atoms with E-state index in [0.29, 0.717) is 6.61 Å². The maximum absolute atomic E-state index is 12.7. The summed E-state index contributed by atoms with van der Waals surface area (Å²) in [5.74, 6) is -0.209. The fourth-order valence-electron chi connectivity index (χ4n) is 2.73. The molecule has 0 atom stereocenters. The average Bonchev–Trinajstić information content (AvgIpc) is 2.36. The first-order chi connectivity index (χ1) is 8.90. The van der Waals surface area contributed by atoms with Crippen molar-refractivity contribution < 1.29 is 14.3 Å². The third kappa shape index (κ3) is 4.22. The predicted molar refractivity (Wildman–Crippen MR) is 74.7 cm³/mol. The molecule has 0 aliphatic heterocycles. The van der Waals surface area contributed by atoms with Crippen LogP contribution in [0.5, 0.6) is 0 Å². The van der Waals surface area contributed by atoms with Crippen molar-refractivity contribution >= 4 is 11.9 Å². The van der Waals surface area contributed by atoms with Crippen LogP contribution in [-0.4, -0.2) is 36.0 Å². The summed E-state index contributed by atoms with van der Waals surface area (Å²) in [5.41, 5.74) is -0.297. The van der Waals surface area contributed by atoms with Crippen molar-refractivity contribution in [3.05, 3.63) is 0 Å². The van der Waals surface area contributed by atoms with E-state index in [0.717, 1.165) is 25.7 Å². The number of nitrogens with zero attached hydrogens (tertiary/aromatic N) is 1. The summed E-state index contributed by atoms with van der Waals surface area (Å²) in [6, 6.07) is 0.0238. The van der Waals surface area contributed by atoms with Crippen LogP contribution in [-0.2, 0) is 14.3 Å². The summed E-state index contributed by atoms with van der Waals surface area (Å²) in [6.07, 6.45) is 5.28. The minimum absolute atomic E-state index is 0.0238. The third-order valence-electron chi connectivity index (χ3n) is 3.96. The van der Waals surface area contributed by atoms with Crippen LogP contribution in [0.3, 0.4) is 0 Å². The standard InChI is InChI=1S/C15H27NO3/c1-5-19-13(17)11-16(12(2)3)14(18)15(4)9-7-6-8-10-15/h12H,5-11H2,1-4H3. The number of carbonyl (C=O) groups is 2. The second kappa shape index (κ2) is 6.92. The van der Waals surface area contributed by atoms with Crippen LogP contribution in [0.1, 0.15) is 59.8 Å². The lowest BCUT2D eigenvalue weighted by Crippen LogP contribution is -2.49. The van der Waals surface area contributed by atoms with Gasteiger partial charge in [-0.25, -0.2) is 0 Å². The van der Waals surface area contributed by atoms with Crippen molar-refractivity contribution in [2.75, 3.05) is 13.2 Å². The third-order valence-corrected chi connectivity index (χ3v) is 3.96. The van der Waals surface area contributed by atoms with Crippen molar-refractivity contribution in [3.63, 3.8) is 0 Å². The van der Waals surface area contributed by atoms with Gasteiger partial charge in [-0.15, -0.1) is 0 Å². The van der Waals surface area contributed by atoms with E-state index in [1.807, 2.05) is 20.8 Å². The van der Waals surface area contributed by atoms with Crippen LogP contribution < -0.4 is 0 Å². The fraction of sp³-hybridized carbons (Fsp3) is 0.867. The summed E-state index contributed by atoms with van der Waals surface area (Å²) >= 11 is 0. The molecule has 1 aliphatic rings. The van der Waals surface area contributed by atoms with Crippen LogP contribution >= 0.6 is 0 Å². The molecule has 0 heterocycles. The molecule has 0 bridgehead atoms. The highest BCUT2D eigenvalue weighted by Crippen LogP contribution is 2.37. The number of carbonyl (C=O) groups excluding carboxylic acids is 2. The van der Waals surface area contributed by atoms with Gasteiger partial charge in [-0.3, -0.25) is 9.59 Å². The molecule has 0 N–H and O–H groups in total. The molecule has 0 unspecified atom stereocenters. The van der Waals surface area contributed by atoms with Crippen LogP contribution in [0.2, 0.25) is 0 Å². The zero-order valence-electron chi connectivity index (χ0n) is 12.7. The first kappa shape index (κ1) is 16.0. The molecule has 1 fully saturated rings. The van der Waals surface area contributed by atoms with Gasteiger partial charge < -0.3 is 9.64 Å². The van der Waals surface area contributed by atoms with Gasteiger partial charge in [0, 0.05) is 11.5 Å². The highest BCUT2D eigenvalue weighted by molar-refractivity contribution is 5.86. The van der Waals surface area contributed by atoms with Crippen molar-refractivity contribution in [2.24, 2.45) is 5.41 Å². The van der Waals surface area contributed by atoms with Gasteiger partial charge in [-0.05, 0) is 33.6 Å². The molecule has 0 aromatic rings. The molecule has 19 heavy (non-hydrogen) atoms. The van der Waals surface area contributed by atoms with E-state index < -0.39 is 0 Å². The average molecular weight is 269 g/mol. The van der Waals surface area contributed by atoms with Crippen molar-refractivity contribution in [2.45, 2.75) is 65.8 Å². The Hall–Kier alpha value is -1.06. The molecule has 0 spiro atoms. The Morgan fingerprint density at radius 3 is 2.26 bits per heavy atom. The molecule has 4 nitrogen and oxygen atoms in total. The Balaban J connectivity index is 2.74. The van der Waals surface area contributed by atoms with Crippen LogP contribution in [0.15, 0.2) is 0 Å². The van der Waals surface area contributed by atoms with E-state index in [-0.39, 0.29) is 29.9 Å². The molecule has 0 aromatic carbocycles. The molecule has 1 saturated carbocycles. The molecular formula is C15H27NO3. The Kier molecular flexibility index (Phi) is 5.83. The van der Waals surface area contributed by atoms with Gasteiger partial charge in [0.15, 0.2) is 0 Å². The lowest BCUT2D eigenvalue weighted by Gasteiger charge is -2.38. The number of hydrogen-bond acceptors (Lipinski definition) is 3. The van der Waals surface area contributed by atoms with E-state index in [9.17, 15) is 9.59 Å². The Bertz CT molecular complexity index is 319. The number of rotatable bonds is 5. The summed E-state index contributed by atoms with van der Waals surface area (Å²) in [5, 5.41) is 0. The minimum Gasteiger partial charge on any atom is -0.465 e. The van der Waals surface area contributed by atoms with Gasteiger partial charge in [0.2, 0.25) is 5.91 Å². The maximum Gasteiger partial charge on any atom is 0.325 e. The van der Waals surface area contributed by atoms with Gasteiger partial charge in [0.25, 0.3) is 0 Å². The van der Waals surface area contributed by atoms with E-state index in [1.165, 1.54) is 6.42 Å². The topological polar surface area (TPSA) is 46.6 Å². The number of amides is 1. The highest BCUT2D eigenvalue weighted by Gasteiger charge is 2.39. The van der Waals surface area contributed by atoms with E-state index in [1.54, 1.807) is 11.8 Å². The smallest absolute Gasteiger partial charge is 0.325 e. The molecule has 4 heteroatoms. The molecule has 0 aromatic heterocycles. The van der Waals surface area contributed by atoms with Gasteiger partial charge in [0.1, 0.15) is 6.54 Å². The Labute approximate surface area is 116 Å². The second-order valence-electron chi connectivity index (χ2n) is 5.95. The summed E-state index contributed by atoms with van der Waals surface area (Å²) in [6.45, 7) is 8.14. The summed E-state index contributed by atoms with van der Waals surface area (Å²) < 4.78 is 4.96. The van der Waals surface area contributed by atoms with Crippen LogP contribution in [0, 0.1) is 5.41 Å². The molecular weight excluding hydrogens is 242 g/mol. The number of hydrogen-bond donors (Lipinski definition) is 0. The number of ether oxygens (including phenoxy) is 1. The van der Waals surface area contributed by atoms with E-state index >= 15 is 0 Å². The van der Waals surface area contributed by atoms with Crippen LogP contribution in [0.25, 0.3) is 0 Å². The largest absolute Gasteiger partial charge is 0.465 e. The lowest BCUT2D eigenvalue weighted by atomic mass is 9.74. The molecule has 110 valence electrons. The lowest BCUT2D eigenvalue weighted by molar-refractivity contribution is -0.155. The first-order valence-electron chi connectivity index (χ1n) is 7.37. The zero-order chi connectivity index (χ0) is 14.5. The molecule has 0 radical (unpaired) electrons. The Morgan fingerprint density at radius 1 is 1.21 bits per heavy atom. The fourth-order valence-corrected chi connectivity index (χ4v) is 2.73. The van der Waals surface area contributed by atoms with Gasteiger partial charge in [-0.2, -0.15) is 0 Å². The monoisotopic (exact) mass is 269 g/mol. The quantitative estimate of drug-likeness (QED) is 0.721. The predicted octanol–water partition coefficient (Wildman–Crippen LogP) is 2.76. The molecule has 1 aliphatic carbocycles. The Morgan fingerprint density at radius 2 is 1.79 bits per heavy atom. The van der Waals surface area contributed by atoms with Crippen LogP contribution in [0.4, 0.5) is 0 Å². The molecule has 1 amide bonds. The highest BCUT2D eigenvalue weighted by atomic mass is 16.5. The summed E-state index contributed by atoms with van der Waals surface area (Å²) in [7, 11) is 0. The summed E-state index contributed by atoms with van der Waals surface area (Å²) in [4.78, 5) is 26.0. The van der Waals surface area contributed by atoms with Gasteiger partial charge >= 0.3 is 5.97 Å². The zero-order valence-corrected chi connectivity index (χ0v) is 12.7. The second-order valence-corrected chi connectivity index (χ2v) is 5.95. The van der Waals surface area contributed by atoms with Crippen molar-refractivity contribution in [1.29, 1.82) is 0 Å². The number of esters is 1. The van der Waals surface area contributed by atoms with Crippen molar-refractivity contribution in [1.82, 2.24) is 4.90 Å². The normalized spacial score (nSPS) is 18.2. The van der Waals surface area contributed by atoms with Crippen molar-refractivity contribution in [3.8, 4) is 0 Å². The SMILES string of the molecule is CCOC(=O)CN(C(=O)C1(C)CCCCC1)C(C)C. The van der Waals surface area contributed by atoms with E-state index in [4.69, 9.17) is 4.74 Å². The first-order valence-corrected chi connectivity index (χ1v) is 7.37. The van der Waals surface area contributed by atoms with Gasteiger partial charge in [0.05, 0.1) is 6.61 Å². The van der Waals surface area contributed by atoms with Gasteiger partial charge in [-0.1, -0.05) is 26.2 Å². The minimum atomic E-state index is -0.316. The maximum atomic E-state index is 12.7. The molecule has 1 rings (SSSR count). The molecule has 0 saturated heterocycles. The van der Waals surface area contributed by atoms with E-state index in [2.05, 4.69) is 0 Å².